The summed E-state index contributed by atoms with van der Waals surface area (Å²) < 4.78 is 16.1. The molecule has 1 N–H and O–H groups in total. The molecule has 0 aromatic heterocycles. The Kier molecular flexibility index (Phi) is 8.53. The Morgan fingerprint density at radius 2 is 1.86 bits per heavy atom. The summed E-state index contributed by atoms with van der Waals surface area (Å²) in [6.07, 6.45) is 1.47. The van der Waals surface area contributed by atoms with Gasteiger partial charge in [-0.05, 0) is 56.8 Å². The molecule has 3 amide bonds. The second kappa shape index (κ2) is 11.6. The normalized spacial score (nSPS) is 15.2. The number of para-hydroxylation sites is 1. The van der Waals surface area contributed by atoms with E-state index >= 15 is 0 Å². The number of anilines is 1. The van der Waals surface area contributed by atoms with E-state index in [9.17, 15) is 19.2 Å². The van der Waals surface area contributed by atoms with Crippen molar-refractivity contribution in [3.63, 3.8) is 0 Å². The highest BCUT2D eigenvalue weighted by atomic mass is 32.2. The zero-order chi connectivity index (χ0) is 25.5. The van der Waals surface area contributed by atoms with Gasteiger partial charge in [0.15, 0.2) is 18.1 Å². The monoisotopic (exact) mass is 498 g/mol. The van der Waals surface area contributed by atoms with E-state index < -0.39 is 23.2 Å². The van der Waals surface area contributed by atoms with Gasteiger partial charge in [-0.15, -0.1) is 0 Å². The molecule has 1 heterocycles. The largest absolute Gasteiger partial charge is 0.493 e. The standard InChI is InChI=1S/C25H26N2O7S/c1-5-33-24(30)16(3)27-23(29)20(35-25(27)31)13-17-7-6-8-19(32-4)22(17)34-14-21(28)26-18-11-9-15(2)10-12-18/h6-13,16H,5,14H2,1-4H3,(H,26,28). The molecule has 184 valence electrons. The highest BCUT2D eigenvalue weighted by Crippen LogP contribution is 2.38. The molecule has 2 aromatic carbocycles. The number of ether oxygens (including phenoxy) is 3. The maximum atomic E-state index is 12.9. The van der Waals surface area contributed by atoms with Crippen molar-refractivity contribution >= 4 is 46.5 Å². The van der Waals surface area contributed by atoms with Crippen LogP contribution in [0.2, 0.25) is 0 Å². The van der Waals surface area contributed by atoms with Crippen LogP contribution in [-0.4, -0.2) is 54.3 Å². The molecule has 0 aliphatic carbocycles. The SMILES string of the molecule is CCOC(=O)C(C)N1C(=O)SC(=Cc2cccc(OC)c2OCC(=O)Nc2ccc(C)cc2)C1=O. The van der Waals surface area contributed by atoms with Crippen LogP contribution in [0.15, 0.2) is 47.4 Å². The Labute approximate surface area is 207 Å². The van der Waals surface area contributed by atoms with E-state index in [0.29, 0.717) is 28.8 Å². The van der Waals surface area contributed by atoms with Gasteiger partial charge in [-0.2, -0.15) is 0 Å². The molecule has 1 atom stereocenters. The van der Waals surface area contributed by atoms with Crippen LogP contribution in [0.3, 0.4) is 0 Å². The maximum Gasteiger partial charge on any atom is 0.329 e. The van der Waals surface area contributed by atoms with Gasteiger partial charge in [-0.1, -0.05) is 29.8 Å². The van der Waals surface area contributed by atoms with E-state index in [0.717, 1.165) is 10.5 Å². The van der Waals surface area contributed by atoms with Gasteiger partial charge in [-0.3, -0.25) is 19.3 Å². The highest BCUT2D eigenvalue weighted by molar-refractivity contribution is 8.18. The van der Waals surface area contributed by atoms with Gasteiger partial charge in [0.25, 0.3) is 17.1 Å². The van der Waals surface area contributed by atoms with Crippen LogP contribution < -0.4 is 14.8 Å². The Bertz CT molecular complexity index is 1160. The predicted molar refractivity (Wildman–Crippen MR) is 132 cm³/mol. The van der Waals surface area contributed by atoms with Crippen LogP contribution in [0.5, 0.6) is 11.5 Å². The molecule has 35 heavy (non-hydrogen) atoms. The number of esters is 1. The van der Waals surface area contributed by atoms with E-state index in [2.05, 4.69) is 5.32 Å². The summed E-state index contributed by atoms with van der Waals surface area (Å²) in [7, 11) is 1.45. The molecule has 0 saturated carbocycles. The van der Waals surface area contributed by atoms with Crippen molar-refractivity contribution in [1.82, 2.24) is 4.90 Å². The van der Waals surface area contributed by atoms with Crippen LogP contribution >= 0.6 is 11.8 Å². The van der Waals surface area contributed by atoms with E-state index in [1.54, 1.807) is 37.3 Å². The number of benzene rings is 2. The minimum atomic E-state index is -1.06. The number of nitrogens with zero attached hydrogens (tertiary/aromatic N) is 1. The topological polar surface area (TPSA) is 111 Å². The number of aryl methyl sites for hydroxylation is 1. The molecule has 0 radical (unpaired) electrons. The molecule has 1 aliphatic heterocycles. The summed E-state index contributed by atoms with van der Waals surface area (Å²) in [5.74, 6) is -1.08. The van der Waals surface area contributed by atoms with Gasteiger partial charge >= 0.3 is 5.97 Å². The number of carbonyl (C=O) groups excluding carboxylic acids is 4. The number of methoxy groups -OCH3 is 1. The fourth-order valence-electron chi connectivity index (χ4n) is 3.26. The first-order valence-corrected chi connectivity index (χ1v) is 11.7. The van der Waals surface area contributed by atoms with Gasteiger partial charge in [0.2, 0.25) is 0 Å². The van der Waals surface area contributed by atoms with Crippen LogP contribution in [0.1, 0.15) is 25.0 Å². The summed E-state index contributed by atoms with van der Waals surface area (Å²) in [6.45, 7) is 4.85. The summed E-state index contributed by atoms with van der Waals surface area (Å²) in [6, 6.07) is 11.3. The molecule has 9 nitrogen and oxygen atoms in total. The van der Waals surface area contributed by atoms with Crippen LogP contribution in [0.25, 0.3) is 6.08 Å². The van der Waals surface area contributed by atoms with Gasteiger partial charge in [0, 0.05) is 11.3 Å². The lowest BCUT2D eigenvalue weighted by molar-refractivity contribution is -0.150. The first-order valence-electron chi connectivity index (χ1n) is 10.8. The second-order valence-corrected chi connectivity index (χ2v) is 8.55. The van der Waals surface area contributed by atoms with Crippen molar-refractivity contribution in [1.29, 1.82) is 0 Å². The van der Waals surface area contributed by atoms with Gasteiger partial charge in [0.05, 0.1) is 18.6 Å². The number of nitrogens with one attached hydrogen (secondary N) is 1. The summed E-state index contributed by atoms with van der Waals surface area (Å²) >= 11 is 0.705. The molecule has 2 aromatic rings. The molecular formula is C25H26N2O7S. The van der Waals surface area contributed by atoms with E-state index in [1.807, 2.05) is 19.1 Å². The molecule has 10 heteroatoms. The molecule has 0 spiro atoms. The lowest BCUT2D eigenvalue weighted by Crippen LogP contribution is -2.42. The molecular weight excluding hydrogens is 472 g/mol. The number of hydrogen-bond acceptors (Lipinski definition) is 8. The van der Waals surface area contributed by atoms with Gasteiger partial charge in [-0.25, -0.2) is 4.79 Å². The highest BCUT2D eigenvalue weighted by Gasteiger charge is 2.41. The fraction of sp³-hybridized carbons (Fsp3) is 0.280. The zero-order valence-electron chi connectivity index (χ0n) is 19.8. The van der Waals surface area contributed by atoms with E-state index in [4.69, 9.17) is 14.2 Å². The number of imide groups is 1. The van der Waals surface area contributed by atoms with E-state index in [-0.39, 0.29) is 29.8 Å². The number of hydrogen-bond donors (Lipinski definition) is 1. The third-order valence-corrected chi connectivity index (χ3v) is 5.92. The number of rotatable bonds is 9. The smallest absolute Gasteiger partial charge is 0.329 e. The molecule has 1 saturated heterocycles. The van der Waals surface area contributed by atoms with Crippen LogP contribution in [-0.2, 0) is 19.1 Å². The number of thioether (sulfide) groups is 1. The third kappa shape index (κ3) is 6.21. The van der Waals surface area contributed by atoms with Gasteiger partial charge in [0.1, 0.15) is 6.04 Å². The van der Waals surface area contributed by atoms with Crippen LogP contribution in [0.4, 0.5) is 10.5 Å². The van der Waals surface area contributed by atoms with Crippen molar-refractivity contribution in [2.75, 3.05) is 25.6 Å². The Morgan fingerprint density at radius 1 is 1.14 bits per heavy atom. The van der Waals surface area contributed by atoms with Crippen molar-refractivity contribution in [3.05, 3.63) is 58.5 Å². The summed E-state index contributed by atoms with van der Waals surface area (Å²) in [5.41, 5.74) is 2.13. The minimum absolute atomic E-state index is 0.105. The third-order valence-electron chi connectivity index (χ3n) is 5.04. The fourth-order valence-corrected chi connectivity index (χ4v) is 4.16. The maximum absolute atomic E-state index is 12.9. The molecule has 3 rings (SSSR count). The lowest BCUT2D eigenvalue weighted by atomic mass is 10.1. The lowest BCUT2D eigenvalue weighted by Gasteiger charge is -2.19. The molecule has 1 unspecified atom stereocenters. The average Bonchev–Trinajstić information content (AvgIpc) is 3.11. The molecule has 1 aliphatic rings. The summed E-state index contributed by atoms with van der Waals surface area (Å²) in [5, 5.41) is 2.17. The molecule has 0 bridgehead atoms. The quantitative estimate of drug-likeness (QED) is 0.408. The predicted octanol–water partition coefficient (Wildman–Crippen LogP) is 4.01. The minimum Gasteiger partial charge on any atom is -0.493 e. The van der Waals surface area contributed by atoms with Crippen molar-refractivity contribution in [2.24, 2.45) is 0 Å². The first-order chi connectivity index (χ1) is 16.7. The Morgan fingerprint density at radius 3 is 2.51 bits per heavy atom. The number of amides is 3. The van der Waals surface area contributed by atoms with Crippen LogP contribution in [0, 0.1) is 6.92 Å². The first kappa shape index (κ1) is 25.8. The van der Waals surface area contributed by atoms with E-state index in [1.165, 1.54) is 20.1 Å². The Balaban J connectivity index is 1.79. The van der Waals surface area contributed by atoms with Crippen molar-refractivity contribution < 1.29 is 33.4 Å². The van der Waals surface area contributed by atoms with Crippen molar-refractivity contribution in [3.8, 4) is 11.5 Å². The average molecular weight is 499 g/mol. The van der Waals surface area contributed by atoms with Crippen molar-refractivity contribution in [2.45, 2.75) is 26.8 Å². The number of carbonyl (C=O) groups is 4. The second-order valence-electron chi connectivity index (χ2n) is 7.56. The Hall–Kier alpha value is -3.79. The van der Waals surface area contributed by atoms with Gasteiger partial charge < -0.3 is 19.5 Å². The molecule has 1 fully saturated rings. The zero-order valence-corrected chi connectivity index (χ0v) is 20.6. The summed E-state index contributed by atoms with van der Waals surface area (Å²) in [4.78, 5) is 50.8.